The number of aromatic nitrogens is 1. The Morgan fingerprint density at radius 3 is 2.39 bits per heavy atom. The number of carbonyl (C=O) groups is 2. The number of aliphatic hydroxyl groups excluding tert-OH is 1. The highest BCUT2D eigenvalue weighted by Gasteiger charge is 2.21. The van der Waals surface area contributed by atoms with Crippen molar-refractivity contribution < 1.29 is 24.0 Å². The molecule has 3 N–H and O–H groups in total. The number of hydrogen-bond acceptors (Lipinski definition) is 4. The minimum absolute atomic E-state index is 0.344. The molecule has 2 aromatic carbocycles. The van der Waals surface area contributed by atoms with Gasteiger partial charge in [-0.2, -0.15) is 0 Å². The van der Waals surface area contributed by atoms with Crippen LogP contribution in [0.25, 0.3) is 10.9 Å². The number of carboxylic acid groups (broad SMARTS) is 1. The highest BCUT2D eigenvalue weighted by molar-refractivity contribution is 7.85. The van der Waals surface area contributed by atoms with Gasteiger partial charge in [0, 0.05) is 17.3 Å². The summed E-state index contributed by atoms with van der Waals surface area (Å²) in [6.45, 7) is 1.47. The molecule has 10 heteroatoms. The first-order valence-electron chi connectivity index (χ1n) is 9.20. The van der Waals surface area contributed by atoms with Crippen molar-refractivity contribution in [2.75, 3.05) is 12.4 Å². The zero-order valence-corrected chi connectivity index (χ0v) is 19.0. The van der Waals surface area contributed by atoms with E-state index in [1.807, 2.05) is 13.0 Å². The van der Waals surface area contributed by atoms with Crippen molar-refractivity contribution in [3.05, 3.63) is 63.3 Å². The van der Waals surface area contributed by atoms with Crippen LogP contribution in [-0.2, 0) is 22.6 Å². The van der Waals surface area contributed by atoms with E-state index in [9.17, 15) is 18.9 Å². The van der Waals surface area contributed by atoms with Gasteiger partial charge in [-0.15, -0.1) is 0 Å². The van der Waals surface area contributed by atoms with Gasteiger partial charge in [0.15, 0.2) is 0 Å². The second-order valence-corrected chi connectivity index (χ2v) is 9.21. The van der Waals surface area contributed by atoms with E-state index in [4.69, 9.17) is 28.3 Å². The summed E-state index contributed by atoms with van der Waals surface area (Å²) < 4.78 is 13.7. The lowest BCUT2D eigenvalue weighted by molar-refractivity contribution is -0.133. The second-order valence-electron chi connectivity index (χ2n) is 7.00. The number of carbonyl (C=O) groups excluding carboxylic acids is 1. The van der Waals surface area contributed by atoms with Gasteiger partial charge < -0.3 is 20.1 Å². The third-order valence-electron chi connectivity index (χ3n) is 4.93. The van der Waals surface area contributed by atoms with Gasteiger partial charge in [-0.3, -0.25) is 13.8 Å². The first-order valence-corrected chi connectivity index (χ1v) is 11.3. The minimum Gasteiger partial charge on any atom is -0.481 e. The number of aliphatic hydroxyl groups is 1. The quantitative estimate of drug-likeness (QED) is 0.477. The SMILES string of the molecule is Cc1cc2c(cc(C(=O)NC(CO)c3ccc([S@@](=O)CC(=O)O)cc3)n2C)c(Cl)c1Cl. The third kappa shape index (κ3) is 4.77. The van der Waals surface area contributed by atoms with Crippen LogP contribution < -0.4 is 5.32 Å². The van der Waals surface area contributed by atoms with Crippen molar-refractivity contribution in [1.29, 1.82) is 0 Å². The maximum absolute atomic E-state index is 12.9. The number of rotatable bonds is 7. The summed E-state index contributed by atoms with van der Waals surface area (Å²) in [5.41, 5.74) is 2.47. The molecule has 7 nitrogen and oxygen atoms in total. The van der Waals surface area contributed by atoms with E-state index < -0.39 is 34.5 Å². The van der Waals surface area contributed by atoms with Gasteiger partial charge >= 0.3 is 5.97 Å². The molecule has 3 aromatic rings. The second kappa shape index (κ2) is 9.40. The Balaban J connectivity index is 1.85. The number of aryl methyl sites for hydroxylation is 2. The van der Waals surface area contributed by atoms with E-state index in [1.54, 1.807) is 29.8 Å². The molecule has 3 rings (SSSR count). The van der Waals surface area contributed by atoms with E-state index in [0.29, 0.717) is 31.6 Å². The molecule has 0 fully saturated rings. The number of fused-ring (bicyclic) bond motifs is 1. The van der Waals surface area contributed by atoms with Gasteiger partial charge in [0.25, 0.3) is 5.91 Å². The van der Waals surface area contributed by atoms with Crippen LogP contribution in [-0.4, -0.2) is 43.2 Å². The molecule has 0 saturated heterocycles. The minimum atomic E-state index is -1.67. The maximum Gasteiger partial charge on any atom is 0.316 e. The smallest absolute Gasteiger partial charge is 0.316 e. The molecule has 31 heavy (non-hydrogen) atoms. The Bertz CT molecular complexity index is 1190. The number of nitrogens with zero attached hydrogens (tertiary/aromatic N) is 1. The molecule has 1 amide bonds. The Morgan fingerprint density at radius 2 is 1.81 bits per heavy atom. The fraction of sp³-hybridized carbons (Fsp3) is 0.238. The molecular formula is C21H20Cl2N2O5S. The summed E-state index contributed by atoms with van der Waals surface area (Å²) in [5, 5.41) is 22.8. The normalized spacial score (nSPS) is 13.2. The van der Waals surface area contributed by atoms with E-state index >= 15 is 0 Å². The van der Waals surface area contributed by atoms with E-state index in [2.05, 4.69) is 5.32 Å². The van der Waals surface area contributed by atoms with Crippen LogP contribution in [0, 0.1) is 6.92 Å². The van der Waals surface area contributed by atoms with E-state index in [-0.39, 0.29) is 6.61 Å². The largest absolute Gasteiger partial charge is 0.481 e. The predicted octanol–water partition coefficient (Wildman–Crippen LogP) is 3.45. The fourth-order valence-electron chi connectivity index (χ4n) is 3.26. The van der Waals surface area contributed by atoms with Crippen molar-refractivity contribution in [2.45, 2.75) is 17.9 Å². The molecule has 0 spiro atoms. The van der Waals surface area contributed by atoms with Crippen LogP contribution in [0.1, 0.15) is 27.7 Å². The number of hydrogen-bond donors (Lipinski definition) is 3. The van der Waals surface area contributed by atoms with Gasteiger partial charge in [0.05, 0.1) is 39.0 Å². The van der Waals surface area contributed by atoms with Gasteiger partial charge in [-0.1, -0.05) is 35.3 Å². The molecule has 0 bridgehead atoms. The highest BCUT2D eigenvalue weighted by atomic mass is 35.5. The Hall–Kier alpha value is -2.39. The maximum atomic E-state index is 12.9. The number of amides is 1. The van der Waals surface area contributed by atoms with E-state index in [1.165, 1.54) is 12.1 Å². The molecule has 0 aliphatic rings. The van der Waals surface area contributed by atoms with Crippen LogP contribution in [0.2, 0.25) is 10.0 Å². The number of halogens is 2. The average molecular weight is 483 g/mol. The molecule has 1 unspecified atom stereocenters. The monoisotopic (exact) mass is 482 g/mol. The Morgan fingerprint density at radius 1 is 1.16 bits per heavy atom. The zero-order valence-electron chi connectivity index (χ0n) is 16.7. The van der Waals surface area contributed by atoms with E-state index in [0.717, 1.165) is 11.1 Å². The number of nitrogens with one attached hydrogen (secondary N) is 1. The van der Waals surface area contributed by atoms with Crippen LogP contribution >= 0.6 is 23.2 Å². The van der Waals surface area contributed by atoms with Crippen molar-refractivity contribution in [3.8, 4) is 0 Å². The van der Waals surface area contributed by atoms with Crippen LogP contribution in [0.5, 0.6) is 0 Å². The number of aliphatic carboxylic acids is 1. The molecular weight excluding hydrogens is 463 g/mol. The summed E-state index contributed by atoms with van der Waals surface area (Å²) in [6.07, 6.45) is 0. The van der Waals surface area contributed by atoms with Gasteiger partial charge in [-0.25, -0.2) is 0 Å². The molecule has 1 heterocycles. The summed E-state index contributed by atoms with van der Waals surface area (Å²) >= 11 is 12.6. The number of carboxylic acids is 1. The van der Waals surface area contributed by atoms with Crippen molar-refractivity contribution in [2.24, 2.45) is 7.05 Å². The Labute approximate surface area is 191 Å². The van der Waals surface area contributed by atoms with Gasteiger partial charge in [0.2, 0.25) is 0 Å². The van der Waals surface area contributed by atoms with Gasteiger partial charge in [-0.05, 0) is 42.3 Å². The van der Waals surface area contributed by atoms with Crippen LogP contribution in [0.3, 0.4) is 0 Å². The van der Waals surface area contributed by atoms with Crippen LogP contribution in [0.4, 0.5) is 0 Å². The molecule has 164 valence electrons. The molecule has 0 saturated carbocycles. The topological polar surface area (TPSA) is 109 Å². The first-order chi connectivity index (χ1) is 14.6. The summed E-state index contributed by atoms with van der Waals surface area (Å²) in [5.74, 6) is -2.07. The van der Waals surface area contributed by atoms with Crippen molar-refractivity contribution in [1.82, 2.24) is 9.88 Å². The fourth-order valence-corrected chi connectivity index (χ4v) is 4.55. The third-order valence-corrected chi connectivity index (χ3v) is 7.21. The molecule has 2 atom stereocenters. The number of benzene rings is 2. The molecule has 0 radical (unpaired) electrons. The van der Waals surface area contributed by atoms with Gasteiger partial charge in [0.1, 0.15) is 11.4 Å². The summed E-state index contributed by atoms with van der Waals surface area (Å²) in [6, 6.07) is 9.00. The average Bonchev–Trinajstić information content (AvgIpc) is 3.06. The molecule has 0 aliphatic heterocycles. The lowest BCUT2D eigenvalue weighted by atomic mass is 10.1. The summed E-state index contributed by atoms with van der Waals surface area (Å²) in [4.78, 5) is 24.0. The lowest BCUT2D eigenvalue weighted by Crippen LogP contribution is -2.32. The highest BCUT2D eigenvalue weighted by Crippen LogP contribution is 2.35. The summed E-state index contributed by atoms with van der Waals surface area (Å²) in [7, 11) is 0.0657. The standard InChI is InChI=1S/C21H20Cl2N2O5S/c1-11-7-16-14(20(23)19(11)22)8-17(25(16)2)21(29)24-15(9-26)12-3-5-13(6-4-12)31(30)10-18(27)28/h3-8,15,26H,9-10H2,1-2H3,(H,24,29)(H,27,28)/t15?,31-/m0/s1. The lowest BCUT2D eigenvalue weighted by Gasteiger charge is -2.17. The molecule has 0 aliphatic carbocycles. The zero-order chi connectivity index (χ0) is 22.9. The predicted molar refractivity (Wildman–Crippen MR) is 120 cm³/mol. The van der Waals surface area contributed by atoms with Crippen LogP contribution in [0.15, 0.2) is 41.3 Å². The Kier molecular flexibility index (Phi) is 7.06. The molecule has 1 aromatic heterocycles. The van der Waals surface area contributed by atoms with Crippen molar-refractivity contribution >= 4 is 56.8 Å². The van der Waals surface area contributed by atoms with Crippen molar-refractivity contribution in [3.63, 3.8) is 0 Å². The first kappa shape index (κ1) is 23.3.